The molecule has 1 radical (unpaired) electrons. The molecule has 0 aromatic rings. The number of epoxide rings is 1. The molecule has 0 aromatic heterocycles. The highest BCUT2D eigenvalue weighted by molar-refractivity contribution is 4.67. The first kappa shape index (κ1) is 3.08. The minimum atomic E-state index is -1.50. The van der Waals surface area contributed by atoms with E-state index in [0.717, 1.165) is 0 Å². The van der Waals surface area contributed by atoms with Crippen molar-refractivity contribution in [3.8, 4) is 0 Å². The van der Waals surface area contributed by atoms with Gasteiger partial charge in [0, 0.05) is 0 Å². The van der Waals surface area contributed by atoms with Gasteiger partial charge in [0.25, 0.3) is 5.91 Å². The molecule has 0 spiro atoms. The molecule has 29 valence electrons. The van der Waals surface area contributed by atoms with Crippen molar-refractivity contribution >= 4 is 0 Å². The number of hydrogen-bond acceptors (Lipinski definition) is 2. The molecule has 3 heteroatoms. The molecule has 1 unspecified atom stereocenters. The van der Waals surface area contributed by atoms with Crippen LogP contribution in [0.15, 0.2) is 0 Å². The van der Waals surface area contributed by atoms with E-state index in [0.29, 0.717) is 0 Å². The van der Waals surface area contributed by atoms with Crippen LogP contribution in [-0.2, 0) is 9.84 Å². The van der Waals surface area contributed by atoms with Crippen molar-refractivity contribution in [3.05, 3.63) is 0 Å². The second kappa shape index (κ2) is 0.518. The predicted octanol–water partition coefficient (Wildman–Crippen LogP) is -0.940. The van der Waals surface area contributed by atoms with Crippen molar-refractivity contribution in [2.75, 3.05) is 6.61 Å². The number of ether oxygens (including phenoxy) is 1. The fraction of sp³-hybridized carbons (Fsp3) is 1.00. The molecule has 0 aliphatic carbocycles. The lowest BCUT2D eigenvalue weighted by atomic mass is 10.7. The summed E-state index contributed by atoms with van der Waals surface area (Å²) in [7, 11) is 0. The molecule has 1 atom stereocenters. The smallest absolute Gasteiger partial charge is 0.280 e. The zero-order valence-electron chi connectivity index (χ0n) is 2.60. The lowest BCUT2D eigenvalue weighted by molar-refractivity contribution is -0.0220. The Balaban J connectivity index is 2.38. The quantitative estimate of drug-likeness (QED) is 0.298. The Hall–Kier alpha value is -0.120. The third-order valence-corrected chi connectivity index (χ3v) is 0.429. The highest BCUT2D eigenvalue weighted by Crippen LogP contribution is 2.13. The van der Waals surface area contributed by atoms with E-state index in [1.54, 1.807) is 0 Å². The molecule has 1 aliphatic rings. The third kappa shape index (κ3) is 0.576. The maximum atomic E-state index is 9.77. The van der Waals surface area contributed by atoms with Gasteiger partial charge in [-0.15, -0.1) is 0 Å². The average molecular weight is 74.1 g/mol. The molecule has 0 bridgehead atoms. The summed E-state index contributed by atoms with van der Waals surface area (Å²) in [5.74, 6) is -1.50. The Morgan fingerprint density at radius 3 is 2.20 bits per heavy atom. The van der Waals surface area contributed by atoms with Crippen molar-refractivity contribution in [1.82, 2.24) is 0 Å². The zero-order chi connectivity index (χ0) is 3.91. The topological polar surface area (TPSA) is 58.5 Å². The van der Waals surface area contributed by atoms with Crippen molar-refractivity contribution < 1.29 is 9.84 Å². The second-order valence-electron chi connectivity index (χ2n) is 1.10. The minimum absolute atomic E-state index is 0.174. The van der Waals surface area contributed by atoms with Crippen molar-refractivity contribution in [2.45, 2.75) is 5.91 Å². The van der Waals surface area contributed by atoms with E-state index >= 15 is 0 Å². The molecule has 5 heavy (non-hydrogen) atoms. The van der Waals surface area contributed by atoms with Crippen LogP contribution in [0.5, 0.6) is 0 Å². The summed E-state index contributed by atoms with van der Waals surface area (Å²) in [4.78, 5) is 0. The van der Waals surface area contributed by atoms with Gasteiger partial charge in [0.05, 0.1) is 0 Å². The Bertz CT molecular complexity index is 45.6. The first-order chi connectivity index (χ1) is 2.21. The highest BCUT2D eigenvalue weighted by Gasteiger charge is 2.39. The average Bonchev–Trinajstić information content (AvgIpc) is 1.76. The van der Waals surface area contributed by atoms with Gasteiger partial charge in [0.15, 0.2) is 0 Å². The molecule has 2 N–H and O–H groups in total. The Morgan fingerprint density at radius 2 is 2.20 bits per heavy atom. The van der Waals surface area contributed by atoms with E-state index in [9.17, 15) is 5.11 Å². The molecule has 0 amide bonds. The maximum absolute atomic E-state index is 9.77. The van der Waals surface area contributed by atoms with Crippen molar-refractivity contribution in [3.63, 3.8) is 0 Å². The van der Waals surface area contributed by atoms with Crippen LogP contribution in [0.1, 0.15) is 0 Å². The van der Waals surface area contributed by atoms with Crippen LogP contribution in [0.3, 0.4) is 0 Å². The first-order valence-corrected chi connectivity index (χ1v) is 1.34. The summed E-state index contributed by atoms with van der Waals surface area (Å²) in [5, 5.41) is 9.77. The molecule has 1 saturated heterocycles. The molecule has 1 rings (SSSR count). The predicted molar refractivity (Wildman–Crippen MR) is 13.6 cm³/mol. The molecular weight excluding hydrogens is 70.0 g/mol. The van der Waals surface area contributed by atoms with Gasteiger partial charge in [-0.25, -0.2) is 0 Å². The molecule has 0 aromatic carbocycles. The molecule has 0 saturated carbocycles. The summed E-state index contributed by atoms with van der Waals surface area (Å²) in [6, 6.07) is 0. The largest absolute Gasteiger partial charge is 0.327 e. The van der Waals surface area contributed by atoms with E-state index in [-0.39, 0.29) is 6.61 Å². The summed E-state index contributed by atoms with van der Waals surface area (Å²) in [6.07, 6.45) is 0. The fourth-order valence-electron chi connectivity index (χ4n) is 0.0711. The number of hydrogen-bond donors (Lipinski definition) is 1. The van der Waals surface area contributed by atoms with Crippen LogP contribution in [-0.4, -0.2) is 12.5 Å². The van der Waals surface area contributed by atoms with Crippen LogP contribution < -0.4 is 5.73 Å². The van der Waals surface area contributed by atoms with Gasteiger partial charge in [-0.2, -0.15) is 5.11 Å². The Labute approximate surface area is 29.3 Å². The van der Waals surface area contributed by atoms with Gasteiger partial charge < -0.3 is 4.74 Å². The summed E-state index contributed by atoms with van der Waals surface area (Å²) < 4.78 is 4.12. The number of nitrogens with two attached hydrogens (primary N) is 1. The normalized spacial score (nSPS) is 49.2. The van der Waals surface area contributed by atoms with Crippen LogP contribution in [0.2, 0.25) is 0 Å². The van der Waals surface area contributed by atoms with E-state index in [1.165, 1.54) is 0 Å². The Kier molecular flexibility index (Phi) is 0.320. The van der Waals surface area contributed by atoms with Gasteiger partial charge in [0.1, 0.15) is 6.61 Å². The van der Waals surface area contributed by atoms with E-state index in [1.807, 2.05) is 0 Å². The summed E-state index contributed by atoms with van der Waals surface area (Å²) in [5.41, 5.74) is 4.69. The SMILES string of the molecule is NC1([O])CO1. The minimum Gasteiger partial charge on any atom is -0.327 e. The molecule has 1 fully saturated rings. The third-order valence-electron chi connectivity index (χ3n) is 0.429. The first-order valence-electron chi connectivity index (χ1n) is 1.34. The summed E-state index contributed by atoms with van der Waals surface area (Å²) >= 11 is 0. The lowest BCUT2D eigenvalue weighted by Gasteiger charge is -1.78. The van der Waals surface area contributed by atoms with Gasteiger partial charge in [-0.3, -0.25) is 5.73 Å². The van der Waals surface area contributed by atoms with Crippen molar-refractivity contribution in [2.24, 2.45) is 5.73 Å². The van der Waals surface area contributed by atoms with Crippen LogP contribution in [0.4, 0.5) is 0 Å². The van der Waals surface area contributed by atoms with Crippen LogP contribution in [0.25, 0.3) is 0 Å². The monoisotopic (exact) mass is 74.0 g/mol. The van der Waals surface area contributed by atoms with Gasteiger partial charge in [0.2, 0.25) is 0 Å². The van der Waals surface area contributed by atoms with E-state index in [2.05, 4.69) is 10.5 Å². The Morgan fingerprint density at radius 1 is 2.00 bits per heavy atom. The van der Waals surface area contributed by atoms with E-state index < -0.39 is 5.91 Å². The standard InChI is InChI=1S/C2H4NO2/c3-2(4)1-5-2/h1,3H2. The van der Waals surface area contributed by atoms with Gasteiger partial charge >= 0.3 is 0 Å². The van der Waals surface area contributed by atoms with Crippen LogP contribution in [0, 0.1) is 0 Å². The van der Waals surface area contributed by atoms with Crippen LogP contribution >= 0.6 is 0 Å². The van der Waals surface area contributed by atoms with Crippen molar-refractivity contribution in [1.29, 1.82) is 0 Å². The van der Waals surface area contributed by atoms with Gasteiger partial charge in [-0.1, -0.05) is 0 Å². The highest BCUT2D eigenvalue weighted by atomic mass is 16.7. The zero-order valence-corrected chi connectivity index (χ0v) is 2.60. The molecule has 1 heterocycles. The van der Waals surface area contributed by atoms with Gasteiger partial charge in [-0.05, 0) is 0 Å². The number of rotatable bonds is 0. The maximum Gasteiger partial charge on any atom is 0.280 e. The molecule has 1 aliphatic heterocycles. The summed E-state index contributed by atoms with van der Waals surface area (Å²) in [6.45, 7) is 0.174. The van der Waals surface area contributed by atoms with E-state index in [4.69, 9.17) is 0 Å². The lowest BCUT2D eigenvalue weighted by Crippen LogP contribution is -2.19. The molecule has 3 nitrogen and oxygen atoms in total. The fourth-order valence-corrected chi connectivity index (χ4v) is 0.0711. The second-order valence-corrected chi connectivity index (χ2v) is 1.10. The molecular formula is C2H4NO2.